The third kappa shape index (κ3) is 3.21. The summed E-state index contributed by atoms with van der Waals surface area (Å²) in [4.78, 5) is 7.21. The van der Waals surface area contributed by atoms with Crippen LogP contribution in [-0.4, -0.2) is 18.1 Å². The van der Waals surface area contributed by atoms with Crippen LogP contribution in [0, 0.1) is 0 Å². The third-order valence-corrected chi connectivity index (χ3v) is 4.16. The second-order valence-corrected chi connectivity index (χ2v) is 5.88. The molecular formula is C21H24N2. The molecular weight excluding hydrogens is 280 g/mol. The number of anilines is 1. The lowest BCUT2D eigenvalue weighted by atomic mass is 10.0. The van der Waals surface area contributed by atoms with E-state index in [1.807, 2.05) is 12.3 Å². The summed E-state index contributed by atoms with van der Waals surface area (Å²) in [5.41, 5.74) is 3.55. The normalized spacial score (nSPS) is 10.9. The van der Waals surface area contributed by atoms with Crippen molar-refractivity contribution in [1.29, 1.82) is 0 Å². The van der Waals surface area contributed by atoms with Gasteiger partial charge in [0.2, 0.25) is 0 Å². The minimum atomic E-state index is 1.07. The second kappa shape index (κ2) is 7.28. The molecule has 118 valence electrons. The number of benzene rings is 2. The van der Waals surface area contributed by atoms with Crippen molar-refractivity contribution in [1.82, 2.24) is 4.98 Å². The van der Waals surface area contributed by atoms with Crippen LogP contribution < -0.4 is 4.90 Å². The zero-order chi connectivity index (χ0) is 16.1. The van der Waals surface area contributed by atoms with Crippen LogP contribution in [-0.2, 0) is 0 Å². The molecule has 3 rings (SSSR count). The van der Waals surface area contributed by atoms with Crippen LogP contribution in [0.25, 0.3) is 22.0 Å². The van der Waals surface area contributed by atoms with Crippen molar-refractivity contribution in [3.8, 4) is 11.3 Å². The molecule has 0 bridgehead atoms. The molecule has 0 spiro atoms. The fraction of sp³-hybridized carbons (Fsp3) is 0.286. The highest BCUT2D eigenvalue weighted by atomic mass is 15.1. The smallest absolute Gasteiger partial charge is 0.0941 e. The molecule has 2 aromatic carbocycles. The molecule has 1 aromatic heterocycles. The van der Waals surface area contributed by atoms with Gasteiger partial charge in [-0.05, 0) is 35.7 Å². The molecule has 0 aliphatic carbocycles. The van der Waals surface area contributed by atoms with E-state index in [2.05, 4.69) is 67.3 Å². The summed E-state index contributed by atoms with van der Waals surface area (Å²) in [6, 6.07) is 19.3. The first-order chi connectivity index (χ1) is 11.3. The molecule has 0 saturated carbocycles. The average molecular weight is 304 g/mol. The van der Waals surface area contributed by atoms with E-state index in [4.69, 9.17) is 4.98 Å². The van der Waals surface area contributed by atoms with Gasteiger partial charge in [-0.15, -0.1) is 0 Å². The quantitative estimate of drug-likeness (QED) is 0.595. The van der Waals surface area contributed by atoms with E-state index in [1.54, 1.807) is 0 Å². The Hall–Kier alpha value is -2.35. The predicted molar refractivity (Wildman–Crippen MR) is 100.0 cm³/mol. The second-order valence-electron chi connectivity index (χ2n) is 5.88. The summed E-state index contributed by atoms with van der Waals surface area (Å²) in [5.74, 6) is 0. The highest BCUT2D eigenvalue weighted by Gasteiger charge is 2.14. The van der Waals surface area contributed by atoms with E-state index in [-0.39, 0.29) is 0 Å². The lowest BCUT2D eigenvalue weighted by molar-refractivity contribution is 0.744. The first-order valence-electron chi connectivity index (χ1n) is 8.53. The molecule has 0 aliphatic rings. The Morgan fingerprint density at radius 2 is 1.57 bits per heavy atom. The van der Waals surface area contributed by atoms with Gasteiger partial charge in [-0.3, -0.25) is 4.98 Å². The number of nitrogens with zero attached hydrogens (tertiary/aromatic N) is 2. The van der Waals surface area contributed by atoms with Crippen molar-refractivity contribution in [3.05, 3.63) is 60.8 Å². The first kappa shape index (κ1) is 15.5. The molecule has 0 atom stereocenters. The van der Waals surface area contributed by atoms with Crippen LogP contribution in [0.15, 0.2) is 60.8 Å². The fourth-order valence-corrected chi connectivity index (χ4v) is 3.18. The Balaban J connectivity index is 2.16. The monoisotopic (exact) mass is 304 g/mol. The topological polar surface area (TPSA) is 16.1 Å². The minimum absolute atomic E-state index is 1.07. The summed E-state index contributed by atoms with van der Waals surface area (Å²) in [5, 5.41) is 2.53. The van der Waals surface area contributed by atoms with E-state index >= 15 is 0 Å². The Labute approximate surface area is 138 Å². The summed E-state index contributed by atoms with van der Waals surface area (Å²) in [6.45, 7) is 6.60. The molecule has 2 nitrogen and oxygen atoms in total. The molecule has 3 aromatic rings. The summed E-state index contributed by atoms with van der Waals surface area (Å²) < 4.78 is 0. The van der Waals surface area contributed by atoms with Crippen molar-refractivity contribution in [2.45, 2.75) is 26.7 Å². The van der Waals surface area contributed by atoms with Gasteiger partial charge in [-0.25, -0.2) is 0 Å². The molecule has 0 fully saturated rings. The minimum Gasteiger partial charge on any atom is -0.370 e. The lowest BCUT2D eigenvalue weighted by Crippen LogP contribution is -2.25. The number of fused-ring (bicyclic) bond motifs is 1. The van der Waals surface area contributed by atoms with Gasteiger partial charge in [0.25, 0.3) is 0 Å². The van der Waals surface area contributed by atoms with E-state index in [0.29, 0.717) is 0 Å². The van der Waals surface area contributed by atoms with Crippen LogP contribution in [0.3, 0.4) is 0 Å². The molecule has 0 saturated heterocycles. The average Bonchev–Trinajstić information content (AvgIpc) is 2.61. The van der Waals surface area contributed by atoms with Crippen LogP contribution in [0.4, 0.5) is 5.69 Å². The summed E-state index contributed by atoms with van der Waals surface area (Å²) in [6.07, 6.45) is 4.18. The highest BCUT2D eigenvalue weighted by molar-refractivity contribution is 5.98. The SMILES string of the molecule is CCCN(CCC)c1cccnc1-c1cccc2ccccc12. The van der Waals surface area contributed by atoms with E-state index in [9.17, 15) is 0 Å². The Kier molecular flexibility index (Phi) is 4.92. The Bertz CT molecular complexity index is 768. The number of pyridine rings is 1. The molecule has 23 heavy (non-hydrogen) atoms. The fourth-order valence-electron chi connectivity index (χ4n) is 3.18. The van der Waals surface area contributed by atoms with Gasteiger partial charge in [0.05, 0.1) is 11.4 Å². The number of hydrogen-bond acceptors (Lipinski definition) is 2. The van der Waals surface area contributed by atoms with Gasteiger partial charge in [-0.1, -0.05) is 56.3 Å². The maximum absolute atomic E-state index is 4.74. The largest absolute Gasteiger partial charge is 0.370 e. The van der Waals surface area contributed by atoms with Crippen molar-refractivity contribution >= 4 is 16.5 Å². The van der Waals surface area contributed by atoms with E-state index in [1.165, 1.54) is 22.0 Å². The molecule has 0 N–H and O–H groups in total. The molecule has 1 heterocycles. The van der Waals surface area contributed by atoms with Gasteiger partial charge >= 0.3 is 0 Å². The van der Waals surface area contributed by atoms with Crippen LogP contribution >= 0.6 is 0 Å². The van der Waals surface area contributed by atoms with Crippen molar-refractivity contribution in [2.75, 3.05) is 18.0 Å². The Morgan fingerprint density at radius 1 is 0.826 bits per heavy atom. The summed E-state index contributed by atoms with van der Waals surface area (Å²) >= 11 is 0. The molecule has 2 heteroatoms. The van der Waals surface area contributed by atoms with Gasteiger partial charge in [0.15, 0.2) is 0 Å². The number of hydrogen-bond donors (Lipinski definition) is 0. The maximum Gasteiger partial charge on any atom is 0.0941 e. The van der Waals surface area contributed by atoms with Crippen molar-refractivity contribution in [2.24, 2.45) is 0 Å². The molecule has 0 amide bonds. The molecule has 0 aliphatic heterocycles. The van der Waals surface area contributed by atoms with Gasteiger partial charge < -0.3 is 4.90 Å². The van der Waals surface area contributed by atoms with Crippen molar-refractivity contribution < 1.29 is 0 Å². The zero-order valence-electron chi connectivity index (χ0n) is 14.0. The van der Waals surface area contributed by atoms with Crippen LogP contribution in [0.1, 0.15) is 26.7 Å². The standard InChI is InChI=1S/C21H24N2/c1-3-15-23(16-4-2)20-13-8-14-22-21(20)19-12-7-10-17-9-5-6-11-18(17)19/h5-14H,3-4,15-16H2,1-2H3. The lowest BCUT2D eigenvalue weighted by Gasteiger charge is -2.26. The third-order valence-electron chi connectivity index (χ3n) is 4.16. The van der Waals surface area contributed by atoms with Crippen LogP contribution in [0.5, 0.6) is 0 Å². The van der Waals surface area contributed by atoms with Crippen molar-refractivity contribution in [3.63, 3.8) is 0 Å². The highest BCUT2D eigenvalue weighted by Crippen LogP contribution is 2.33. The maximum atomic E-state index is 4.74. The molecule has 0 unspecified atom stereocenters. The number of aromatic nitrogens is 1. The first-order valence-corrected chi connectivity index (χ1v) is 8.53. The number of rotatable bonds is 6. The van der Waals surface area contributed by atoms with Gasteiger partial charge in [-0.2, -0.15) is 0 Å². The Morgan fingerprint density at radius 3 is 2.35 bits per heavy atom. The van der Waals surface area contributed by atoms with Crippen LogP contribution in [0.2, 0.25) is 0 Å². The van der Waals surface area contributed by atoms with Gasteiger partial charge in [0.1, 0.15) is 0 Å². The zero-order valence-corrected chi connectivity index (χ0v) is 14.0. The van der Waals surface area contributed by atoms with Gasteiger partial charge in [0, 0.05) is 24.8 Å². The molecule has 0 radical (unpaired) electrons. The van der Waals surface area contributed by atoms with E-state index < -0.39 is 0 Å². The van der Waals surface area contributed by atoms with E-state index in [0.717, 1.165) is 31.6 Å². The predicted octanol–water partition coefficient (Wildman–Crippen LogP) is 5.53. The summed E-state index contributed by atoms with van der Waals surface area (Å²) in [7, 11) is 0.